The van der Waals surface area contributed by atoms with Gasteiger partial charge in [0.2, 0.25) is 21.8 Å². The Balaban J connectivity index is 1.61. The third-order valence-corrected chi connectivity index (χ3v) is 8.99. The number of sulfonamides is 1. The van der Waals surface area contributed by atoms with E-state index in [2.05, 4.69) is 20.9 Å². The summed E-state index contributed by atoms with van der Waals surface area (Å²) < 4.78 is 41.9. The lowest BCUT2D eigenvalue weighted by atomic mass is 9.85. The van der Waals surface area contributed by atoms with Crippen molar-refractivity contribution in [3.8, 4) is 11.3 Å². The average molecular weight is 564 g/mol. The van der Waals surface area contributed by atoms with Crippen molar-refractivity contribution >= 4 is 21.8 Å². The minimum absolute atomic E-state index is 0.224. The highest BCUT2D eigenvalue weighted by Crippen LogP contribution is 2.39. The fourth-order valence-electron chi connectivity index (χ4n) is 5.55. The molecule has 2 aliphatic heterocycles. The number of halogens is 1. The Morgan fingerprint density at radius 1 is 1.21 bits per heavy atom. The molecular weight excluding hydrogens is 525 g/mol. The van der Waals surface area contributed by atoms with E-state index >= 15 is 0 Å². The van der Waals surface area contributed by atoms with Crippen molar-refractivity contribution in [2.45, 2.75) is 64.8 Å². The summed E-state index contributed by atoms with van der Waals surface area (Å²) in [6.45, 7) is 8.39. The van der Waals surface area contributed by atoms with Gasteiger partial charge in [-0.2, -0.15) is 4.31 Å². The number of nitrogens with one attached hydrogen (secondary N) is 2. The van der Waals surface area contributed by atoms with Crippen LogP contribution in [-0.2, 0) is 26.2 Å². The number of amides is 2. The van der Waals surface area contributed by atoms with Crippen LogP contribution in [0.25, 0.3) is 11.3 Å². The summed E-state index contributed by atoms with van der Waals surface area (Å²) in [5, 5.41) is 14.3. The second-order valence-corrected chi connectivity index (χ2v) is 13.6. The Bertz CT molecular complexity index is 1310. The fourth-order valence-corrected chi connectivity index (χ4v) is 6.74. The normalized spacial score (nSPS) is 23.5. The van der Waals surface area contributed by atoms with Crippen LogP contribution in [0, 0.1) is 17.2 Å². The number of hydrogen-bond acceptors (Lipinski definition) is 7. The van der Waals surface area contributed by atoms with Crippen LogP contribution < -0.4 is 10.6 Å². The van der Waals surface area contributed by atoms with Crippen LogP contribution in [0.3, 0.4) is 0 Å². The highest BCUT2D eigenvalue weighted by atomic mass is 32.2. The van der Waals surface area contributed by atoms with E-state index in [0.717, 1.165) is 0 Å². The van der Waals surface area contributed by atoms with Gasteiger partial charge in [-0.05, 0) is 50.1 Å². The summed E-state index contributed by atoms with van der Waals surface area (Å²) in [7, 11) is -1.84. The topological polar surface area (TPSA) is 130 Å². The molecule has 0 saturated carbocycles. The summed E-state index contributed by atoms with van der Waals surface area (Å²) in [6.07, 6.45) is 3.44. The van der Waals surface area contributed by atoms with Crippen LogP contribution in [0.2, 0.25) is 0 Å². The maximum Gasteiger partial charge on any atom is 0.246 e. The van der Waals surface area contributed by atoms with Gasteiger partial charge in [-0.15, -0.1) is 5.10 Å². The third-order valence-electron chi connectivity index (χ3n) is 7.72. The lowest BCUT2D eigenvalue weighted by molar-refractivity contribution is -0.141. The zero-order chi connectivity index (χ0) is 28.7. The number of fused-ring (bicyclic) bond motifs is 1. The van der Waals surface area contributed by atoms with Crippen molar-refractivity contribution in [3.05, 3.63) is 36.3 Å². The van der Waals surface area contributed by atoms with Crippen LogP contribution in [0.4, 0.5) is 4.39 Å². The lowest BCUT2D eigenvalue weighted by Crippen LogP contribution is -2.59. The summed E-state index contributed by atoms with van der Waals surface area (Å²) in [6, 6.07) is 3.94. The highest BCUT2D eigenvalue weighted by Gasteiger charge is 2.54. The zero-order valence-corrected chi connectivity index (χ0v) is 24.1. The van der Waals surface area contributed by atoms with Crippen LogP contribution in [0.5, 0.6) is 0 Å². The molecule has 3 heterocycles. The maximum absolute atomic E-state index is 14.0. The molecular formula is C26H38FN7O4S. The molecule has 5 atom stereocenters. The monoisotopic (exact) mass is 563 g/mol. The number of nitrogens with zero attached hydrogens (tertiary/aromatic N) is 5. The SMILES string of the molecule is CN[C@@H](C)C(=O)N[C@H](C(=O)N1CC[C@@H]2[C@H]1[C@@H](Cn1cc(-c3ccc(F)cc3)nn1)CN2S(C)(=O)=O)C(C)(C)C. The predicted octanol–water partition coefficient (Wildman–Crippen LogP) is 1.08. The quantitative estimate of drug-likeness (QED) is 0.492. The van der Waals surface area contributed by atoms with Gasteiger partial charge >= 0.3 is 0 Å². The molecule has 13 heteroatoms. The fraction of sp³-hybridized carbons (Fsp3) is 0.615. The van der Waals surface area contributed by atoms with Crippen molar-refractivity contribution < 1.29 is 22.4 Å². The Hall–Kier alpha value is -2.90. The number of hydrogen-bond donors (Lipinski definition) is 2. The first-order valence-corrected chi connectivity index (χ1v) is 15.0. The Labute approximate surface area is 229 Å². The van der Waals surface area contributed by atoms with Crippen LogP contribution in [0.1, 0.15) is 34.1 Å². The molecule has 0 radical (unpaired) electrons. The molecule has 0 unspecified atom stereocenters. The van der Waals surface area contributed by atoms with E-state index in [1.54, 1.807) is 41.9 Å². The van der Waals surface area contributed by atoms with E-state index in [4.69, 9.17) is 0 Å². The number of carbonyl (C=O) groups is 2. The molecule has 1 aromatic heterocycles. The molecule has 2 aliphatic rings. The average Bonchev–Trinajstić information content (AvgIpc) is 3.58. The largest absolute Gasteiger partial charge is 0.342 e. The van der Waals surface area contributed by atoms with Gasteiger partial charge in [-0.25, -0.2) is 12.8 Å². The van der Waals surface area contributed by atoms with Gasteiger partial charge in [0.15, 0.2) is 0 Å². The van der Waals surface area contributed by atoms with Crippen molar-refractivity contribution in [1.82, 2.24) is 34.8 Å². The first-order chi connectivity index (χ1) is 18.2. The van der Waals surface area contributed by atoms with Crippen LogP contribution in [-0.4, -0.2) is 95.0 Å². The number of likely N-dealkylation sites (N-methyl/N-ethyl adjacent to an activating group) is 1. The molecule has 0 bridgehead atoms. The van der Waals surface area contributed by atoms with Gasteiger partial charge in [0.1, 0.15) is 17.6 Å². The van der Waals surface area contributed by atoms with Crippen molar-refractivity contribution in [2.75, 3.05) is 26.4 Å². The standard InChI is InChI=1S/C26H38FN7O4S/c1-16(28-5)24(35)29-23(26(2,3)4)25(36)33-12-11-21-22(33)18(14-34(21)39(6,37)38)13-32-15-20(30-31-32)17-7-9-19(27)10-8-17/h7-10,15-16,18,21-23,28H,11-14H2,1-6H3,(H,29,35)/t16-,18-,21+,22+,23+/m0/s1. The van der Waals surface area contributed by atoms with Gasteiger partial charge in [0.25, 0.3) is 0 Å². The molecule has 2 aromatic rings. The van der Waals surface area contributed by atoms with Gasteiger partial charge in [-0.3, -0.25) is 14.3 Å². The van der Waals surface area contributed by atoms with E-state index in [-0.39, 0.29) is 42.2 Å². The lowest BCUT2D eigenvalue weighted by Gasteiger charge is -2.37. The molecule has 1 aromatic carbocycles. The molecule has 11 nitrogen and oxygen atoms in total. The number of carbonyl (C=O) groups excluding carboxylic acids is 2. The number of benzene rings is 1. The summed E-state index contributed by atoms with van der Waals surface area (Å²) >= 11 is 0. The number of rotatable bonds is 8. The molecule has 214 valence electrons. The van der Waals surface area contributed by atoms with Gasteiger partial charge in [0.05, 0.1) is 24.5 Å². The zero-order valence-electron chi connectivity index (χ0n) is 23.3. The molecule has 2 fully saturated rings. The highest BCUT2D eigenvalue weighted by molar-refractivity contribution is 7.88. The van der Waals surface area contributed by atoms with Gasteiger partial charge in [0, 0.05) is 37.2 Å². The van der Waals surface area contributed by atoms with E-state index in [9.17, 15) is 22.4 Å². The van der Waals surface area contributed by atoms with Gasteiger partial charge < -0.3 is 15.5 Å². The Morgan fingerprint density at radius 3 is 2.46 bits per heavy atom. The summed E-state index contributed by atoms with van der Waals surface area (Å²) in [5.74, 6) is -1.09. The Morgan fingerprint density at radius 2 is 1.87 bits per heavy atom. The van der Waals surface area contributed by atoms with E-state index < -0.39 is 27.5 Å². The van der Waals surface area contributed by atoms with E-state index in [1.807, 2.05) is 20.8 Å². The smallest absolute Gasteiger partial charge is 0.246 e. The second-order valence-electron chi connectivity index (χ2n) is 11.6. The number of aromatic nitrogens is 3. The molecule has 0 spiro atoms. The van der Waals surface area contributed by atoms with Crippen molar-refractivity contribution in [3.63, 3.8) is 0 Å². The molecule has 4 rings (SSSR count). The predicted molar refractivity (Wildman–Crippen MR) is 144 cm³/mol. The molecule has 2 N–H and O–H groups in total. The maximum atomic E-state index is 14.0. The first kappa shape index (κ1) is 29.1. The van der Waals surface area contributed by atoms with E-state index in [1.165, 1.54) is 22.7 Å². The van der Waals surface area contributed by atoms with Crippen LogP contribution >= 0.6 is 0 Å². The van der Waals surface area contributed by atoms with Crippen LogP contribution in [0.15, 0.2) is 30.5 Å². The minimum Gasteiger partial charge on any atom is -0.342 e. The molecule has 2 saturated heterocycles. The number of likely N-dealkylation sites (tertiary alicyclic amines) is 1. The Kier molecular flexibility index (Phi) is 8.16. The molecule has 2 amide bonds. The van der Waals surface area contributed by atoms with Gasteiger partial charge in [-0.1, -0.05) is 26.0 Å². The third kappa shape index (κ3) is 6.15. The second kappa shape index (κ2) is 10.9. The van der Waals surface area contributed by atoms with Crippen molar-refractivity contribution in [1.29, 1.82) is 0 Å². The summed E-state index contributed by atoms with van der Waals surface area (Å²) in [4.78, 5) is 28.5. The molecule has 39 heavy (non-hydrogen) atoms. The summed E-state index contributed by atoms with van der Waals surface area (Å²) in [5.41, 5.74) is 0.707. The minimum atomic E-state index is -3.52. The van der Waals surface area contributed by atoms with E-state index in [0.29, 0.717) is 30.8 Å². The first-order valence-electron chi connectivity index (χ1n) is 13.1. The van der Waals surface area contributed by atoms with Crippen molar-refractivity contribution in [2.24, 2.45) is 11.3 Å². The molecule has 0 aliphatic carbocycles.